The summed E-state index contributed by atoms with van der Waals surface area (Å²) in [7, 11) is 0. The summed E-state index contributed by atoms with van der Waals surface area (Å²) >= 11 is 0. The van der Waals surface area contributed by atoms with E-state index >= 15 is 0 Å². The third-order valence-corrected chi connectivity index (χ3v) is 3.67. The lowest BCUT2D eigenvalue weighted by atomic mass is 9.81. The van der Waals surface area contributed by atoms with Crippen LogP contribution >= 0.6 is 0 Å². The first-order valence-corrected chi connectivity index (χ1v) is 6.75. The summed E-state index contributed by atoms with van der Waals surface area (Å²) in [6.45, 7) is 10.6. The Morgan fingerprint density at radius 1 is 0.882 bits per heavy atom. The van der Waals surface area contributed by atoms with Gasteiger partial charge in [-0.1, -0.05) is 38.8 Å². The van der Waals surface area contributed by atoms with Crippen LogP contribution in [0.3, 0.4) is 0 Å². The molecule has 0 atom stereocenters. The van der Waals surface area contributed by atoms with Crippen molar-refractivity contribution in [1.29, 1.82) is 0 Å². The highest BCUT2D eigenvalue weighted by Crippen LogP contribution is 2.34. The van der Waals surface area contributed by atoms with Gasteiger partial charge in [-0.25, -0.2) is 0 Å². The molecule has 0 unspecified atom stereocenters. The minimum Gasteiger partial charge on any atom is -0.385 e. The van der Waals surface area contributed by atoms with E-state index in [2.05, 4.69) is 46.8 Å². The van der Waals surface area contributed by atoms with Crippen molar-refractivity contribution in [2.75, 3.05) is 0 Å². The average molecular weight is 234 g/mol. The predicted molar refractivity (Wildman–Crippen MR) is 74.4 cm³/mol. The Labute approximate surface area is 106 Å². The number of benzene rings is 1. The molecule has 1 rings (SSSR count). The van der Waals surface area contributed by atoms with Crippen molar-refractivity contribution in [2.24, 2.45) is 0 Å². The molecule has 0 saturated carbocycles. The lowest BCUT2D eigenvalue weighted by Gasteiger charge is -2.30. The molecule has 0 aliphatic heterocycles. The molecule has 0 aliphatic rings. The molecule has 0 bridgehead atoms. The molecule has 1 heteroatoms. The molecule has 0 aliphatic carbocycles. The number of aryl methyl sites for hydroxylation is 3. The van der Waals surface area contributed by atoms with Crippen LogP contribution in [-0.2, 0) is 5.60 Å². The lowest BCUT2D eigenvalue weighted by molar-refractivity contribution is 0.0163. The van der Waals surface area contributed by atoms with Crippen molar-refractivity contribution in [1.82, 2.24) is 0 Å². The molecule has 1 aromatic rings. The van der Waals surface area contributed by atoms with Crippen molar-refractivity contribution in [3.8, 4) is 0 Å². The molecule has 0 aromatic heterocycles. The average Bonchev–Trinajstić information content (AvgIpc) is 2.24. The fourth-order valence-corrected chi connectivity index (χ4v) is 2.68. The maximum atomic E-state index is 10.9. The maximum absolute atomic E-state index is 10.9. The van der Waals surface area contributed by atoms with E-state index in [-0.39, 0.29) is 0 Å². The zero-order valence-corrected chi connectivity index (χ0v) is 11.9. The smallest absolute Gasteiger partial charge is 0.0899 e. The first kappa shape index (κ1) is 14.2. The Balaban J connectivity index is 3.22. The van der Waals surface area contributed by atoms with Crippen molar-refractivity contribution >= 4 is 0 Å². The van der Waals surface area contributed by atoms with Gasteiger partial charge in [-0.05, 0) is 55.9 Å². The second-order valence-electron chi connectivity index (χ2n) is 5.28. The van der Waals surface area contributed by atoms with E-state index in [0.717, 1.165) is 31.2 Å². The summed E-state index contributed by atoms with van der Waals surface area (Å²) in [6, 6.07) is 4.37. The zero-order valence-electron chi connectivity index (χ0n) is 11.9. The molecular weight excluding hydrogens is 208 g/mol. The van der Waals surface area contributed by atoms with E-state index in [1.54, 1.807) is 0 Å². The third kappa shape index (κ3) is 3.10. The van der Waals surface area contributed by atoms with E-state index in [9.17, 15) is 5.11 Å². The van der Waals surface area contributed by atoms with E-state index in [0.29, 0.717) is 0 Å². The van der Waals surface area contributed by atoms with Crippen LogP contribution in [0.2, 0.25) is 0 Å². The molecule has 0 radical (unpaired) electrons. The third-order valence-electron chi connectivity index (χ3n) is 3.67. The van der Waals surface area contributed by atoms with Gasteiger partial charge in [0.15, 0.2) is 0 Å². The summed E-state index contributed by atoms with van der Waals surface area (Å²) < 4.78 is 0. The van der Waals surface area contributed by atoms with Crippen LogP contribution in [0.15, 0.2) is 12.1 Å². The summed E-state index contributed by atoms with van der Waals surface area (Å²) in [5, 5.41) is 10.9. The van der Waals surface area contributed by atoms with Gasteiger partial charge in [-0.15, -0.1) is 0 Å². The van der Waals surface area contributed by atoms with Gasteiger partial charge in [0.05, 0.1) is 5.60 Å². The van der Waals surface area contributed by atoms with Crippen molar-refractivity contribution < 1.29 is 5.11 Å². The Morgan fingerprint density at radius 2 is 1.35 bits per heavy atom. The SMILES string of the molecule is CCCC(O)(CCC)c1cc(C)c(C)cc1C. The van der Waals surface area contributed by atoms with Crippen LogP contribution in [0.4, 0.5) is 0 Å². The number of hydrogen-bond acceptors (Lipinski definition) is 1. The fourth-order valence-electron chi connectivity index (χ4n) is 2.68. The lowest BCUT2D eigenvalue weighted by Crippen LogP contribution is -2.26. The van der Waals surface area contributed by atoms with Gasteiger partial charge in [0.1, 0.15) is 0 Å². The van der Waals surface area contributed by atoms with Crippen molar-refractivity contribution in [3.05, 3.63) is 34.4 Å². The van der Waals surface area contributed by atoms with Crippen LogP contribution in [0.5, 0.6) is 0 Å². The normalized spacial score (nSPS) is 11.9. The number of aliphatic hydroxyl groups is 1. The van der Waals surface area contributed by atoms with Gasteiger partial charge in [0.2, 0.25) is 0 Å². The van der Waals surface area contributed by atoms with Crippen LogP contribution in [-0.4, -0.2) is 5.11 Å². The van der Waals surface area contributed by atoms with Gasteiger partial charge in [0.25, 0.3) is 0 Å². The van der Waals surface area contributed by atoms with E-state index in [4.69, 9.17) is 0 Å². The minimum absolute atomic E-state index is 0.633. The van der Waals surface area contributed by atoms with Crippen LogP contribution in [0.25, 0.3) is 0 Å². The molecule has 17 heavy (non-hydrogen) atoms. The molecule has 0 heterocycles. The van der Waals surface area contributed by atoms with E-state index in [1.165, 1.54) is 16.7 Å². The predicted octanol–water partition coefficient (Wildman–Crippen LogP) is 4.40. The molecule has 1 N–H and O–H groups in total. The quantitative estimate of drug-likeness (QED) is 0.800. The first-order chi connectivity index (χ1) is 7.94. The Hall–Kier alpha value is -0.820. The summed E-state index contributed by atoms with van der Waals surface area (Å²) in [5.74, 6) is 0. The number of hydrogen-bond donors (Lipinski definition) is 1. The molecular formula is C16H26O. The monoisotopic (exact) mass is 234 g/mol. The highest BCUT2D eigenvalue weighted by atomic mass is 16.3. The van der Waals surface area contributed by atoms with Gasteiger partial charge < -0.3 is 5.11 Å². The van der Waals surface area contributed by atoms with Gasteiger partial charge >= 0.3 is 0 Å². The van der Waals surface area contributed by atoms with Crippen LogP contribution in [0.1, 0.15) is 61.8 Å². The van der Waals surface area contributed by atoms with Crippen molar-refractivity contribution in [2.45, 2.75) is 65.9 Å². The highest BCUT2D eigenvalue weighted by Gasteiger charge is 2.29. The van der Waals surface area contributed by atoms with Crippen LogP contribution < -0.4 is 0 Å². The zero-order chi connectivity index (χ0) is 13.1. The molecule has 1 nitrogen and oxygen atoms in total. The second kappa shape index (κ2) is 5.68. The summed E-state index contributed by atoms with van der Waals surface area (Å²) in [4.78, 5) is 0. The van der Waals surface area contributed by atoms with Gasteiger partial charge in [0, 0.05) is 0 Å². The highest BCUT2D eigenvalue weighted by molar-refractivity contribution is 5.39. The summed E-state index contributed by atoms with van der Waals surface area (Å²) in [6.07, 6.45) is 3.74. The molecule has 0 amide bonds. The maximum Gasteiger partial charge on any atom is 0.0899 e. The summed E-state index contributed by atoms with van der Waals surface area (Å²) in [5.41, 5.74) is 4.30. The molecule has 96 valence electrons. The standard InChI is InChI=1S/C16H26O/c1-6-8-16(17,9-7-2)15-11-13(4)12(3)10-14(15)5/h10-11,17H,6-9H2,1-5H3. The molecule has 0 fully saturated rings. The fraction of sp³-hybridized carbons (Fsp3) is 0.625. The van der Waals surface area contributed by atoms with Crippen molar-refractivity contribution in [3.63, 3.8) is 0 Å². The van der Waals surface area contributed by atoms with Crippen LogP contribution in [0, 0.1) is 20.8 Å². The minimum atomic E-state index is -0.633. The Bertz CT molecular complexity index is 373. The van der Waals surface area contributed by atoms with Gasteiger partial charge in [-0.2, -0.15) is 0 Å². The molecule has 0 spiro atoms. The largest absolute Gasteiger partial charge is 0.385 e. The Morgan fingerprint density at radius 3 is 1.82 bits per heavy atom. The topological polar surface area (TPSA) is 20.2 Å². The first-order valence-electron chi connectivity index (χ1n) is 6.75. The molecule has 1 aromatic carbocycles. The molecule has 0 saturated heterocycles. The number of rotatable bonds is 5. The Kier molecular flexibility index (Phi) is 4.76. The van der Waals surface area contributed by atoms with E-state index < -0.39 is 5.60 Å². The second-order valence-corrected chi connectivity index (χ2v) is 5.28. The van der Waals surface area contributed by atoms with Gasteiger partial charge in [-0.3, -0.25) is 0 Å². The van der Waals surface area contributed by atoms with E-state index in [1.807, 2.05) is 0 Å².